The molecule has 0 bridgehead atoms. The first kappa shape index (κ1) is 24.7. The fourth-order valence-electron chi connectivity index (χ4n) is 3.70. The van der Waals surface area contributed by atoms with E-state index in [0.29, 0.717) is 29.1 Å². The van der Waals surface area contributed by atoms with Gasteiger partial charge < -0.3 is 19.5 Å². The van der Waals surface area contributed by atoms with Gasteiger partial charge in [0.1, 0.15) is 6.61 Å². The Balaban J connectivity index is 2.48. The van der Waals surface area contributed by atoms with Crippen LogP contribution in [0.4, 0.5) is 0 Å². The van der Waals surface area contributed by atoms with E-state index >= 15 is 0 Å². The van der Waals surface area contributed by atoms with Crippen molar-refractivity contribution in [3.8, 4) is 0 Å². The number of methoxy groups -OCH3 is 1. The maximum atomic E-state index is 13.0. The Morgan fingerprint density at radius 3 is 2.16 bits per heavy atom. The number of unbranched alkanes of at least 4 members (excludes halogenated alkanes) is 1. The molecule has 1 aromatic rings. The first-order valence-electron chi connectivity index (χ1n) is 10.9. The van der Waals surface area contributed by atoms with Gasteiger partial charge in [-0.3, -0.25) is 0 Å². The largest absolute Gasteiger partial charge is 0.460 e. The van der Waals surface area contributed by atoms with Gasteiger partial charge in [0, 0.05) is 18.5 Å². The van der Waals surface area contributed by atoms with E-state index in [2.05, 4.69) is 24.4 Å². The summed E-state index contributed by atoms with van der Waals surface area (Å²) >= 11 is 0. The third kappa shape index (κ3) is 6.44. The van der Waals surface area contributed by atoms with E-state index < -0.39 is 17.9 Å². The number of hydrogen-bond acceptors (Lipinski definition) is 6. The molecule has 0 saturated heterocycles. The molecule has 2 rings (SSSR count). The maximum absolute atomic E-state index is 13.0. The highest BCUT2D eigenvalue weighted by Gasteiger charge is 2.38. The second kappa shape index (κ2) is 11.7. The quantitative estimate of drug-likeness (QED) is 0.439. The van der Waals surface area contributed by atoms with E-state index in [0.717, 1.165) is 24.8 Å². The topological polar surface area (TPSA) is 73.9 Å². The summed E-state index contributed by atoms with van der Waals surface area (Å²) in [7, 11) is 1.55. The van der Waals surface area contributed by atoms with E-state index in [-0.39, 0.29) is 12.7 Å². The molecule has 0 fully saturated rings. The molecule has 6 nitrogen and oxygen atoms in total. The van der Waals surface area contributed by atoms with Gasteiger partial charge in [0.2, 0.25) is 0 Å². The van der Waals surface area contributed by atoms with Crippen LogP contribution in [0.2, 0.25) is 0 Å². The number of dihydropyridines is 1. The Labute approximate surface area is 185 Å². The summed E-state index contributed by atoms with van der Waals surface area (Å²) in [4.78, 5) is 26.1. The minimum atomic E-state index is -0.567. The monoisotopic (exact) mass is 429 g/mol. The number of carbonyl (C=O) groups is 2. The van der Waals surface area contributed by atoms with Crippen molar-refractivity contribution < 1.29 is 23.8 Å². The number of nitrogens with one attached hydrogen (secondary N) is 1. The average molecular weight is 430 g/mol. The Bertz CT molecular complexity index is 836. The summed E-state index contributed by atoms with van der Waals surface area (Å²) in [5.41, 5.74) is 4.28. The molecule has 0 amide bonds. The van der Waals surface area contributed by atoms with Crippen molar-refractivity contribution >= 4 is 11.9 Å². The summed E-state index contributed by atoms with van der Waals surface area (Å²) in [6.45, 7) is 9.88. The van der Waals surface area contributed by atoms with Crippen LogP contribution >= 0.6 is 0 Å². The van der Waals surface area contributed by atoms with Crippen LogP contribution < -0.4 is 5.32 Å². The molecule has 1 N–H and O–H groups in total. The lowest BCUT2D eigenvalue weighted by molar-refractivity contribution is -0.143. The van der Waals surface area contributed by atoms with Gasteiger partial charge in [-0.15, -0.1) is 0 Å². The van der Waals surface area contributed by atoms with Gasteiger partial charge in [-0.05, 0) is 51.7 Å². The van der Waals surface area contributed by atoms with Gasteiger partial charge >= 0.3 is 11.9 Å². The third-order valence-corrected chi connectivity index (χ3v) is 5.20. The standard InChI is InChI=1S/C25H35NO5/c1-7-8-9-19-10-12-20(13-11-19)23-21(24(27)30-15-14-29-6)17(4)26-18(5)22(23)25(28)31-16(2)3/h10-13,16,23,26H,7-9,14-15H2,1-6H3. The number of carbonyl (C=O) groups excluding carboxylic acids is 2. The summed E-state index contributed by atoms with van der Waals surface area (Å²) < 4.78 is 15.9. The molecule has 0 aromatic heterocycles. The molecule has 31 heavy (non-hydrogen) atoms. The van der Waals surface area contributed by atoms with Gasteiger partial charge in [-0.1, -0.05) is 37.6 Å². The van der Waals surface area contributed by atoms with Crippen LogP contribution in [0, 0.1) is 0 Å². The molecule has 1 aliphatic rings. The summed E-state index contributed by atoms with van der Waals surface area (Å²) in [6.07, 6.45) is 2.98. The maximum Gasteiger partial charge on any atom is 0.337 e. The van der Waals surface area contributed by atoms with Gasteiger partial charge in [0.25, 0.3) is 0 Å². The molecule has 0 spiro atoms. The van der Waals surface area contributed by atoms with E-state index in [1.54, 1.807) is 7.11 Å². The van der Waals surface area contributed by atoms with E-state index in [1.807, 2.05) is 39.8 Å². The summed E-state index contributed by atoms with van der Waals surface area (Å²) in [6, 6.07) is 8.12. The molecule has 1 aromatic carbocycles. The van der Waals surface area contributed by atoms with Crippen molar-refractivity contribution in [1.82, 2.24) is 5.32 Å². The molecular weight excluding hydrogens is 394 g/mol. The van der Waals surface area contributed by atoms with Crippen LogP contribution in [0.1, 0.15) is 64.5 Å². The smallest absolute Gasteiger partial charge is 0.337 e. The van der Waals surface area contributed by atoms with Gasteiger partial charge in [0.15, 0.2) is 0 Å². The van der Waals surface area contributed by atoms with Crippen molar-refractivity contribution in [3.63, 3.8) is 0 Å². The second-order valence-corrected chi connectivity index (χ2v) is 8.06. The predicted molar refractivity (Wildman–Crippen MR) is 120 cm³/mol. The van der Waals surface area contributed by atoms with Crippen molar-refractivity contribution in [2.75, 3.05) is 20.3 Å². The van der Waals surface area contributed by atoms with E-state index in [4.69, 9.17) is 14.2 Å². The number of hydrogen-bond donors (Lipinski definition) is 1. The van der Waals surface area contributed by atoms with Crippen molar-refractivity contribution in [2.24, 2.45) is 0 Å². The van der Waals surface area contributed by atoms with E-state index in [9.17, 15) is 9.59 Å². The van der Waals surface area contributed by atoms with Gasteiger partial charge in [0.05, 0.1) is 29.8 Å². The fourth-order valence-corrected chi connectivity index (χ4v) is 3.70. The molecule has 6 heteroatoms. The average Bonchev–Trinajstić information content (AvgIpc) is 2.71. The molecule has 0 radical (unpaired) electrons. The molecular formula is C25H35NO5. The number of benzene rings is 1. The molecule has 1 heterocycles. The highest BCUT2D eigenvalue weighted by atomic mass is 16.6. The highest BCUT2D eigenvalue weighted by Crippen LogP contribution is 2.39. The van der Waals surface area contributed by atoms with Crippen molar-refractivity contribution in [1.29, 1.82) is 0 Å². The molecule has 0 aliphatic carbocycles. The molecule has 1 unspecified atom stereocenters. The lowest BCUT2D eigenvalue weighted by Crippen LogP contribution is -2.33. The van der Waals surface area contributed by atoms with Crippen LogP contribution in [0.3, 0.4) is 0 Å². The minimum absolute atomic E-state index is 0.142. The highest BCUT2D eigenvalue weighted by molar-refractivity contribution is 5.99. The summed E-state index contributed by atoms with van der Waals surface area (Å²) in [5.74, 6) is -1.47. The molecule has 1 atom stereocenters. The molecule has 0 saturated carbocycles. The van der Waals surface area contributed by atoms with Crippen molar-refractivity contribution in [2.45, 2.75) is 65.9 Å². The first-order valence-corrected chi connectivity index (χ1v) is 10.9. The Morgan fingerprint density at radius 2 is 1.61 bits per heavy atom. The number of ether oxygens (including phenoxy) is 3. The zero-order valence-corrected chi connectivity index (χ0v) is 19.5. The summed E-state index contributed by atoms with van der Waals surface area (Å²) in [5, 5.41) is 3.17. The van der Waals surface area contributed by atoms with Crippen molar-refractivity contribution in [3.05, 3.63) is 57.9 Å². The predicted octanol–water partition coefficient (Wildman–Crippen LogP) is 4.41. The Kier molecular flexibility index (Phi) is 9.31. The Morgan fingerprint density at radius 1 is 1.00 bits per heavy atom. The SMILES string of the molecule is CCCCc1ccc(C2C(C(=O)OCCOC)=C(C)NC(C)=C2C(=O)OC(C)C)cc1. The van der Waals surface area contributed by atoms with Crippen LogP contribution in [0.15, 0.2) is 46.8 Å². The van der Waals surface area contributed by atoms with Crippen LogP contribution in [-0.2, 0) is 30.2 Å². The Hall–Kier alpha value is -2.60. The number of aryl methyl sites for hydroxylation is 1. The number of rotatable bonds is 10. The van der Waals surface area contributed by atoms with Gasteiger partial charge in [-0.2, -0.15) is 0 Å². The molecule has 1 aliphatic heterocycles. The first-order chi connectivity index (χ1) is 14.8. The zero-order valence-electron chi connectivity index (χ0n) is 19.5. The third-order valence-electron chi connectivity index (χ3n) is 5.20. The lowest BCUT2D eigenvalue weighted by Gasteiger charge is -2.31. The minimum Gasteiger partial charge on any atom is -0.460 e. The number of esters is 2. The lowest BCUT2D eigenvalue weighted by atomic mass is 9.80. The van der Waals surface area contributed by atoms with Crippen LogP contribution in [0.25, 0.3) is 0 Å². The second-order valence-electron chi connectivity index (χ2n) is 8.06. The van der Waals surface area contributed by atoms with Gasteiger partial charge in [-0.25, -0.2) is 9.59 Å². The van der Waals surface area contributed by atoms with Crippen LogP contribution in [-0.4, -0.2) is 38.4 Å². The molecule has 170 valence electrons. The normalized spacial score (nSPS) is 16.4. The fraction of sp³-hybridized carbons (Fsp3) is 0.520. The number of allylic oxidation sites excluding steroid dienone is 2. The zero-order chi connectivity index (χ0) is 23.0. The van der Waals surface area contributed by atoms with E-state index in [1.165, 1.54) is 5.56 Å². The van der Waals surface area contributed by atoms with Crippen LogP contribution in [0.5, 0.6) is 0 Å².